The third-order valence-corrected chi connectivity index (χ3v) is 3.23. The molecule has 0 aliphatic carbocycles. The topological polar surface area (TPSA) is 62.1 Å². The van der Waals surface area contributed by atoms with E-state index in [-0.39, 0.29) is 16.5 Å². The summed E-state index contributed by atoms with van der Waals surface area (Å²) in [6.07, 6.45) is 0.512. The Morgan fingerprint density at radius 1 is 1.38 bits per heavy atom. The number of aromatic nitrogens is 3. The Morgan fingerprint density at radius 3 is 2.81 bits per heavy atom. The summed E-state index contributed by atoms with van der Waals surface area (Å²) in [5.74, 6) is 0.785. The fourth-order valence-corrected chi connectivity index (χ4v) is 2.05. The first kappa shape index (κ1) is 11.8. The molecule has 0 amide bonds. The van der Waals surface area contributed by atoms with Crippen molar-refractivity contribution in [1.82, 2.24) is 15.2 Å². The molecule has 88 valence electrons. The SMILES string of the molecule is CC1CCN(c2nc(Cl)nnc2Cl)CC1O. The molecule has 16 heavy (non-hydrogen) atoms. The van der Waals surface area contributed by atoms with Crippen LogP contribution in [0.2, 0.25) is 10.4 Å². The van der Waals surface area contributed by atoms with Crippen molar-refractivity contribution in [1.29, 1.82) is 0 Å². The predicted molar refractivity (Wildman–Crippen MR) is 61.8 cm³/mol. The molecule has 2 rings (SSSR count). The maximum Gasteiger partial charge on any atom is 0.245 e. The standard InChI is InChI=1S/C9H12Cl2N4O/c1-5-2-3-15(4-6(5)16)8-7(10)13-14-9(11)12-8/h5-6,16H,2-4H2,1H3. The maximum absolute atomic E-state index is 9.79. The molecule has 0 spiro atoms. The molecule has 1 fully saturated rings. The van der Waals surface area contributed by atoms with Crippen LogP contribution in [-0.4, -0.2) is 39.5 Å². The van der Waals surface area contributed by atoms with Crippen molar-refractivity contribution >= 4 is 29.0 Å². The largest absolute Gasteiger partial charge is 0.391 e. The highest BCUT2D eigenvalue weighted by Crippen LogP contribution is 2.26. The molecule has 0 aromatic carbocycles. The van der Waals surface area contributed by atoms with Gasteiger partial charge >= 0.3 is 0 Å². The second-order valence-corrected chi connectivity index (χ2v) is 4.67. The summed E-state index contributed by atoms with van der Waals surface area (Å²) >= 11 is 11.6. The lowest BCUT2D eigenvalue weighted by Crippen LogP contribution is -2.43. The van der Waals surface area contributed by atoms with Gasteiger partial charge in [-0.3, -0.25) is 0 Å². The van der Waals surface area contributed by atoms with Crippen LogP contribution < -0.4 is 4.90 Å². The Labute approximate surface area is 103 Å². The van der Waals surface area contributed by atoms with E-state index in [1.54, 1.807) is 0 Å². The van der Waals surface area contributed by atoms with Gasteiger partial charge in [-0.15, -0.1) is 10.2 Å². The minimum absolute atomic E-state index is 0.0625. The molecule has 5 nitrogen and oxygen atoms in total. The fraction of sp³-hybridized carbons (Fsp3) is 0.667. The first-order valence-corrected chi connectivity index (χ1v) is 5.82. The Kier molecular flexibility index (Phi) is 3.47. The molecule has 1 aliphatic heterocycles. The number of rotatable bonds is 1. The highest BCUT2D eigenvalue weighted by molar-refractivity contribution is 6.32. The second-order valence-electron chi connectivity index (χ2n) is 3.97. The van der Waals surface area contributed by atoms with Crippen molar-refractivity contribution in [3.05, 3.63) is 10.4 Å². The zero-order chi connectivity index (χ0) is 11.7. The van der Waals surface area contributed by atoms with Gasteiger partial charge in [0.1, 0.15) is 0 Å². The van der Waals surface area contributed by atoms with E-state index < -0.39 is 0 Å². The molecule has 1 aromatic heterocycles. The van der Waals surface area contributed by atoms with Crippen LogP contribution in [0.25, 0.3) is 0 Å². The Balaban J connectivity index is 2.21. The number of halogens is 2. The van der Waals surface area contributed by atoms with E-state index in [1.807, 2.05) is 11.8 Å². The summed E-state index contributed by atoms with van der Waals surface area (Å²) in [5.41, 5.74) is 0. The Hall–Kier alpha value is -0.650. The van der Waals surface area contributed by atoms with Gasteiger partial charge < -0.3 is 10.0 Å². The van der Waals surface area contributed by atoms with Crippen molar-refractivity contribution in [2.24, 2.45) is 5.92 Å². The average Bonchev–Trinajstić information content (AvgIpc) is 2.26. The minimum Gasteiger partial charge on any atom is -0.391 e. The predicted octanol–water partition coefficient (Wildman–Crippen LogP) is 1.39. The number of hydrogen-bond acceptors (Lipinski definition) is 5. The highest BCUT2D eigenvalue weighted by atomic mass is 35.5. The zero-order valence-electron chi connectivity index (χ0n) is 8.77. The third-order valence-electron chi connectivity index (χ3n) is 2.82. The average molecular weight is 263 g/mol. The number of anilines is 1. The smallest absolute Gasteiger partial charge is 0.245 e. The lowest BCUT2D eigenvalue weighted by Gasteiger charge is -2.34. The number of aliphatic hydroxyl groups excluding tert-OH is 1. The van der Waals surface area contributed by atoms with Crippen molar-refractivity contribution in [2.45, 2.75) is 19.4 Å². The Morgan fingerprint density at radius 2 is 2.12 bits per heavy atom. The van der Waals surface area contributed by atoms with E-state index in [0.717, 1.165) is 13.0 Å². The number of aliphatic hydroxyl groups is 1. The molecular weight excluding hydrogens is 251 g/mol. The maximum atomic E-state index is 9.79. The van der Waals surface area contributed by atoms with E-state index in [4.69, 9.17) is 23.2 Å². The van der Waals surface area contributed by atoms with E-state index >= 15 is 0 Å². The van der Waals surface area contributed by atoms with Crippen molar-refractivity contribution in [2.75, 3.05) is 18.0 Å². The summed E-state index contributed by atoms with van der Waals surface area (Å²) in [5, 5.41) is 17.3. The first-order valence-electron chi connectivity index (χ1n) is 5.06. The lowest BCUT2D eigenvalue weighted by atomic mass is 9.96. The van der Waals surface area contributed by atoms with Crippen molar-refractivity contribution in [3.63, 3.8) is 0 Å². The van der Waals surface area contributed by atoms with Gasteiger partial charge in [0, 0.05) is 13.1 Å². The monoisotopic (exact) mass is 262 g/mol. The van der Waals surface area contributed by atoms with E-state index in [1.165, 1.54) is 0 Å². The van der Waals surface area contributed by atoms with Crippen molar-refractivity contribution < 1.29 is 5.11 Å². The molecule has 0 saturated carbocycles. The van der Waals surface area contributed by atoms with Gasteiger partial charge in [0.15, 0.2) is 11.0 Å². The number of nitrogens with zero attached hydrogens (tertiary/aromatic N) is 4. The third kappa shape index (κ3) is 2.36. The molecule has 1 aromatic rings. The zero-order valence-corrected chi connectivity index (χ0v) is 10.3. The molecule has 1 N–H and O–H groups in total. The first-order chi connectivity index (χ1) is 7.58. The minimum atomic E-state index is -0.376. The summed E-state index contributed by atoms with van der Waals surface area (Å²) < 4.78 is 0. The summed E-state index contributed by atoms with van der Waals surface area (Å²) in [4.78, 5) is 5.91. The van der Waals surface area contributed by atoms with Crippen LogP contribution in [0.1, 0.15) is 13.3 Å². The second kappa shape index (κ2) is 4.69. The van der Waals surface area contributed by atoms with E-state index in [9.17, 15) is 5.11 Å². The number of hydrogen-bond donors (Lipinski definition) is 1. The fourth-order valence-electron chi connectivity index (χ4n) is 1.73. The van der Waals surface area contributed by atoms with Gasteiger partial charge in [-0.05, 0) is 23.9 Å². The van der Waals surface area contributed by atoms with Gasteiger partial charge in [-0.2, -0.15) is 4.98 Å². The summed E-state index contributed by atoms with van der Waals surface area (Å²) in [6, 6.07) is 0. The lowest BCUT2D eigenvalue weighted by molar-refractivity contribution is 0.102. The van der Waals surface area contributed by atoms with Crippen molar-refractivity contribution in [3.8, 4) is 0 Å². The quantitative estimate of drug-likeness (QED) is 0.829. The normalized spacial score (nSPS) is 25.9. The van der Waals surface area contributed by atoms with Crippen LogP contribution >= 0.6 is 23.2 Å². The van der Waals surface area contributed by atoms with Gasteiger partial charge in [-0.1, -0.05) is 18.5 Å². The molecule has 7 heteroatoms. The van der Waals surface area contributed by atoms with Crippen LogP contribution in [0, 0.1) is 5.92 Å². The van der Waals surface area contributed by atoms with Gasteiger partial charge in [0.05, 0.1) is 6.10 Å². The van der Waals surface area contributed by atoms with Crippen LogP contribution in [-0.2, 0) is 0 Å². The molecule has 1 aliphatic rings. The molecule has 0 bridgehead atoms. The van der Waals surface area contributed by atoms with Crippen LogP contribution in [0.4, 0.5) is 5.82 Å². The molecule has 1 saturated heterocycles. The van der Waals surface area contributed by atoms with E-state index in [0.29, 0.717) is 18.3 Å². The number of piperidine rings is 1. The van der Waals surface area contributed by atoms with Crippen LogP contribution in [0.3, 0.4) is 0 Å². The van der Waals surface area contributed by atoms with Gasteiger partial charge in [-0.25, -0.2) is 0 Å². The van der Waals surface area contributed by atoms with Gasteiger partial charge in [0.25, 0.3) is 0 Å². The van der Waals surface area contributed by atoms with Crippen LogP contribution in [0.5, 0.6) is 0 Å². The molecule has 2 unspecified atom stereocenters. The summed E-state index contributed by atoms with van der Waals surface area (Å²) in [6.45, 7) is 3.30. The summed E-state index contributed by atoms with van der Waals surface area (Å²) in [7, 11) is 0. The molecular formula is C9H12Cl2N4O. The van der Waals surface area contributed by atoms with Crippen LogP contribution in [0.15, 0.2) is 0 Å². The molecule has 2 atom stereocenters. The van der Waals surface area contributed by atoms with Gasteiger partial charge in [0.2, 0.25) is 5.28 Å². The highest BCUT2D eigenvalue weighted by Gasteiger charge is 2.26. The molecule has 0 radical (unpaired) electrons. The number of β-amino-alcohol motifs (C(OH)–C–C–N with tert-alkyl or cyclic N) is 1. The van der Waals surface area contributed by atoms with E-state index in [2.05, 4.69) is 15.2 Å². The Bertz CT molecular complexity index is 390. The molecule has 2 heterocycles.